The van der Waals surface area contributed by atoms with Crippen LogP contribution in [0.5, 0.6) is 5.75 Å². The van der Waals surface area contributed by atoms with Gasteiger partial charge in [0.05, 0.1) is 17.8 Å². The smallest absolute Gasteiger partial charge is 0.257 e. The Balaban J connectivity index is 1.78. The Bertz CT molecular complexity index is 836. The highest BCUT2D eigenvalue weighted by Gasteiger charge is 2.11. The number of halogens is 1. The highest BCUT2D eigenvalue weighted by Crippen LogP contribution is 2.31. The van der Waals surface area contributed by atoms with Gasteiger partial charge in [-0.25, -0.2) is 4.98 Å². The Hall–Kier alpha value is -2.44. The van der Waals surface area contributed by atoms with Crippen LogP contribution in [-0.2, 0) is 0 Å². The van der Waals surface area contributed by atoms with E-state index in [9.17, 15) is 4.79 Å². The average molecular weight is 346 g/mol. The number of carbonyl (C=O) groups excluding carboxylic acids is 1. The normalized spacial score (nSPS) is 10.3. The van der Waals surface area contributed by atoms with E-state index in [1.54, 1.807) is 43.8 Å². The lowest BCUT2D eigenvalue weighted by Gasteiger charge is -2.04. The van der Waals surface area contributed by atoms with Crippen molar-refractivity contribution in [2.24, 2.45) is 0 Å². The van der Waals surface area contributed by atoms with E-state index in [-0.39, 0.29) is 5.91 Å². The monoisotopic (exact) mass is 345 g/mol. The molecule has 0 fully saturated rings. The summed E-state index contributed by atoms with van der Waals surface area (Å²) >= 11 is 7.48. The lowest BCUT2D eigenvalue weighted by atomic mass is 10.2. The molecule has 7 heteroatoms. The van der Waals surface area contributed by atoms with Crippen LogP contribution < -0.4 is 10.1 Å². The van der Waals surface area contributed by atoms with E-state index in [1.807, 2.05) is 11.4 Å². The van der Waals surface area contributed by atoms with Gasteiger partial charge in [-0.3, -0.25) is 15.1 Å². The number of aromatic nitrogens is 2. The molecule has 0 aliphatic heterocycles. The first-order valence-corrected chi connectivity index (χ1v) is 7.94. The van der Waals surface area contributed by atoms with E-state index in [4.69, 9.17) is 16.3 Å². The third-order valence-corrected chi connectivity index (χ3v) is 4.17. The molecule has 0 aliphatic carbocycles. The van der Waals surface area contributed by atoms with E-state index in [1.165, 1.54) is 11.3 Å². The van der Waals surface area contributed by atoms with Gasteiger partial charge in [-0.15, -0.1) is 11.3 Å². The molecule has 0 saturated heterocycles. The summed E-state index contributed by atoms with van der Waals surface area (Å²) < 4.78 is 5.13. The molecule has 0 radical (unpaired) electrons. The first-order valence-electron chi connectivity index (χ1n) is 6.68. The lowest BCUT2D eigenvalue weighted by Crippen LogP contribution is -2.11. The molecule has 0 aliphatic rings. The fourth-order valence-corrected chi connectivity index (χ4v) is 2.93. The number of nitrogens with zero attached hydrogens (tertiary/aromatic N) is 2. The van der Waals surface area contributed by atoms with Crippen molar-refractivity contribution in [2.45, 2.75) is 0 Å². The van der Waals surface area contributed by atoms with Crippen molar-refractivity contribution < 1.29 is 9.53 Å². The number of benzene rings is 1. The molecule has 0 bridgehead atoms. The van der Waals surface area contributed by atoms with Gasteiger partial charge in [-0.1, -0.05) is 11.6 Å². The van der Waals surface area contributed by atoms with Crippen LogP contribution >= 0.6 is 22.9 Å². The van der Waals surface area contributed by atoms with Crippen molar-refractivity contribution in [3.05, 3.63) is 58.7 Å². The summed E-state index contributed by atoms with van der Waals surface area (Å²) in [6.07, 6.45) is 3.14. The first kappa shape index (κ1) is 15.5. The highest BCUT2D eigenvalue weighted by atomic mass is 35.5. The van der Waals surface area contributed by atoms with Gasteiger partial charge in [0.2, 0.25) is 0 Å². The second-order valence-electron chi connectivity index (χ2n) is 4.58. The van der Waals surface area contributed by atoms with Gasteiger partial charge >= 0.3 is 0 Å². The number of carbonyl (C=O) groups is 1. The third kappa shape index (κ3) is 3.49. The Kier molecular flexibility index (Phi) is 4.55. The molecule has 1 N–H and O–H groups in total. The number of nitrogens with one attached hydrogen (secondary N) is 1. The van der Waals surface area contributed by atoms with Gasteiger partial charge in [-0.05, 0) is 30.3 Å². The van der Waals surface area contributed by atoms with Gasteiger partial charge in [0, 0.05) is 28.9 Å². The molecule has 2 aromatic heterocycles. The highest BCUT2D eigenvalue weighted by molar-refractivity contribution is 7.14. The quantitative estimate of drug-likeness (QED) is 0.772. The van der Waals surface area contributed by atoms with Crippen molar-refractivity contribution >= 4 is 34.0 Å². The van der Waals surface area contributed by atoms with E-state index >= 15 is 0 Å². The van der Waals surface area contributed by atoms with Gasteiger partial charge in [0.25, 0.3) is 5.91 Å². The number of amides is 1. The fraction of sp³-hybridized carbons (Fsp3) is 0.0625. The molecule has 1 aromatic carbocycles. The van der Waals surface area contributed by atoms with Crippen LogP contribution in [0.1, 0.15) is 10.4 Å². The molecule has 116 valence electrons. The van der Waals surface area contributed by atoms with Gasteiger partial charge in [0.1, 0.15) is 5.75 Å². The fourth-order valence-electron chi connectivity index (χ4n) is 1.96. The van der Waals surface area contributed by atoms with Crippen LogP contribution in [0.3, 0.4) is 0 Å². The molecule has 3 rings (SSSR count). The molecular weight excluding hydrogens is 334 g/mol. The van der Waals surface area contributed by atoms with E-state index in [0.29, 0.717) is 21.5 Å². The topological polar surface area (TPSA) is 64.1 Å². The van der Waals surface area contributed by atoms with Gasteiger partial charge in [-0.2, -0.15) is 0 Å². The molecule has 0 saturated carbocycles. The largest absolute Gasteiger partial charge is 0.495 e. The van der Waals surface area contributed by atoms with Crippen molar-refractivity contribution in [1.82, 2.24) is 9.97 Å². The predicted octanol–water partition coefficient (Wildman–Crippen LogP) is 4.12. The minimum absolute atomic E-state index is 0.221. The minimum atomic E-state index is -0.221. The van der Waals surface area contributed by atoms with E-state index < -0.39 is 0 Å². The summed E-state index contributed by atoms with van der Waals surface area (Å²) in [7, 11) is 1.57. The summed E-state index contributed by atoms with van der Waals surface area (Å²) in [4.78, 5) is 20.4. The summed E-state index contributed by atoms with van der Waals surface area (Å²) in [5.41, 5.74) is 2.13. The number of hydrogen-bond acceptors (Lipinski definition) is 5. The number of hydrogen-bond donors (Lipinski definition) is 1. The summed E-state index contributed by atoms with van der Waals surface area (Å²) in [5.74, 6) is 0.387. The van der Waals surface area contributed by atoms with Crippen LogP contribution in [0.25, 0.3) is 11.3 Å². The number of methoxy groups -OCH3 is 1. The molecule has 2 heterocycles. The third-order valence-electron chi connectivity index (χ3n) is 3.11. The van der Waals surface area contributed by atoms with Crippen molar-refractivity contribution in [2.75, 3.05) is 12.4 Å². The zero-order valence-electron chi connectivity index (χ0n) is 12.1. The molecule has 1 amide bonds. The minimum Gasteiger partial charge on any atom is -0.495 e. The van der Waals surface area contributed by atoms with Gasteiger partial charge < -0.3 is 4.74 Å². The molecule has 5 nitrogen and oxygen atoms in total. The zero-order chi connectivity index (χ0) is 16.2. The number of thiazole rings is 1. The molecule has 3 aromatic rings. The summed E-state index contributed by atoms with van der Waals surface area (Å²) in [5, 5.41) is 5.67. The average Bonchev–Trinajstić information content (AvgIpc) is 3.04. The zero-order valence-corrected chi connectivity index (χ0v) is 13.7. The summed E-state index contributed by atoms with van der Waals surface area (Å²) in [6, 6.07) is 8.73. The maximum Gasteiger partial charge on any atom is 0.257 e. The maximum atomic E-state index is 12.1. The van der Waals surface area contributed by atoms with E-state index in [0.717, 1.165) is 11.3 Å². The van der Waals surface area contributed by atoms with Gasteiger partial charge in [0.15, 0.2) is 5.13 Å². The molecule has 0 unspecified atom stereocenters. The summed E-state index contributed by atoms with van der Waals surface area (Å²) in [6.45, 7) is 0. The number of ether oxygens (including phenoxy) is 1. The predicted molar refractivity (Wildman–Crippen MR) is 91.3 cm³/mol. The Morgan fingerprint density at radius 2 is 2.04 bits per heavy atom. The Morgan fingerprint density at radius 1 is 1.26 bits per heavy atom. The second-order valence-corrected chi connectivity index (χ2v) is 5.84. The van der Waals surface area contributed by atoms with Crippen LogP contribution in [0.4, 0.5) is 5.13 Å². The van der Waals surface area contributed by atoms with Crippen molar-refractivity contribution in [1.29, 1.82) is 0 Å². The Labute approximate surface area is 141 Å². The Morgan fingerprint density at radius 3 is 2.74 bits per heavy atom. The maximum absolute atomic E-state index is 12.1. The molecule has 0 spiro atoms. The lowest BCUT2D eigenvalue weighted by molar-refractivity contribution is 0.102. The molecule has 0 atom stereocenters. The van der Waals surface area contributed by atoms with Crippen molar-refractivity contribution in [3.8, 4) is 17.0 Å². The van der Waals surface area contributed by atoms with Crippen molar-refractivity contribution in [3.63, 3.8) is 0 Å². The SMILES string of the molecule is COc1ccc(-c2csc(NC(=O)c3ccncc3)n2)cc1Cl. The first-order chi connectivity index (χ1) is 11.2. The number of pyridine rings is 1. The number of anilines is 1. The molecular formula is C16H12ClN3O2S. The van der Waals surface area contributed by atoms with Crippen LogP contribution in [0.15, 0.2) is 48.1 Å². The van der Waals surface area contributed by atoms with Crippen LogP contribution in [0, 0.1) is 0 Å². The second kappa shape index (κ2) is 6.76. The van der Waals surface area contributed by atoms with Crippen LogP contribution in [0.2, 0.25) is 5.02 Å². The van der Waals surface area contributed by atoms with E-state index in [2.05, 4.69) is 15.3 Å². The molecule has 23 heavy (non-hydrogen) atoms. The number of rotatable bonds is 4. The standard InChI is InChI=1S/C16H12ClN3O2S/c1-22-14-3-2-11(8-12(14)17)13-9-23-16(19-13)20-15(21)10-4-6-18-7-5-10/h2-9H,1H3,(H,19,20,21). The van der Waals surface area contributed by atoms with Crippen LogP contribution in [-0.4, -0.2) is 23.0 Å².